The number of rotatable bonds is 5. The maximum Gasteiger partial charge on any atom is 0.305 e. The van der Waals surface area contributed by atoms with E-state index in [2.05, 4.69) is 0 Å². The SMILES string of the molecule is CCCC[C@@H](O)CC(=O)O. The first kappa shape index (κ1) is 9.43. The van der Waals surface area contributed by atoms with Gasteiger partial charge in [-0.15, -0.1) is 0 Å². The van der Waals surface area contributed by atoms with Crippen LogP contribution in [-0.2, 0) is 4.79 Å². The molecule has 60 valence electrons. The lowest BCUT2D eigenvalue weighted by atomic mass is 10.1. The Morgan fingerprint density at radius 3 is 2.60 bits per heavy atom. The van der Waals surface area contributed by atoms with Gasteiger partial charge in [-0.2, -0.15) is 0 Å². The van der Waals surface area contributed by atoms with Crippen molar-refractivity contribution >= 4 is 5.97 Å². The molecule has 0 rings (SSSR count). The highest BCUT2D eigenvalue weighted by molar-refractivity contribution is 5.67. The Morgan fingerprint density at radius 1 is 1.60 bits per heavy atom. The van der Waals surface area contributed by atoms with Crippen LogP contribution >= 0.6 is 0 Å². The number of aliphatic hydroxyl groups is 1. The van der Waals surface area contributed by atoms with E-state index in [0.717, 1.165) is 12.8 Å². The molecule has 0 aromatic heterocycles. The Kier molecular flexibility index (Phi) is 4.94. The fourth-order valence-electron chi connectivity index (χ4n) is 0.743. The average Bonchev–Trinajstić information content (AvgIpc) is 1.82. The summed E-state index contributed by atoms with van der Waals surface area (Å²) in [7, 11) is 0. The van der Waals surface area contributed by atoms with Gasteiger partial charge in [-0.05, 0) is 6.42 Å². The van der Waals surface area contributed by atoms with Crippen LogP contribution in [0, 0.1) is 0 Å². The second-order valence-corrected chi connectivity index (χ2v) is 2.39. The quantitative estimate of drug-likeness (QED) is 0.608. The Balaban J connectivity index is 3.25. The number of hydrogen-bond donors (Lipinski definition) is 2. The molecule has 2 N–H and O–H groups in total. The third-order valence-corrected chi connectivity index (χ3v) is 1.30. The standard InChI is InChI=1S/C7H14O3/c1-2-3-4-6(8)5-7(9)10/h6,8H,2-5H2,1H3,(H,9,10)/t6-/m1/s1. The minimum atomic E-state index is -0.927. The van der Waals surface area contributed by atoms with Gasteiger partial charge in [0.2, 0.25) is 0 Å². The molecule has 0 aromatic rings. The van der Waals surface area contributed by atoms with Gasteiger partial charge >= 0.3 is 5.97 Å². The maximum absolute atomic E-state index is 10.0. The van der Waals surface area contributed by atoms with Crippen molar-refractivity contribution in [2.45, 2.75) is 38.7 Å². The van der Waals surface area contributed by atoms with Crippen LogP contribution in [0.25, 0.3) is 0 Å². The first-order valence-corrected chi connectivity index (χ1v) is 3.56. The van der Waals surface area contributed by atoms with Gasteiger partial charge in [0.1, 0.15) is 0 Å². The normalized spacial score (nSPS) is 13.0. The van der Waals surface area contributed by atoms with Gasteiger partial charge in [-0.3, -0.25) is 4.79 Å². The van der Waals surface area contributed by atoms with Gasteiger partial charge in [0.25, 0.3) is 0 Å². The number of carboxylic acids is 1. The van der Waals surface area contributed by atoms with Gasteiger partial charge in [-0.25, -0.2) is 0 Å². The zero-order valence-electron chi connectivity index (χ0n) is 6.21. The summed E-state index contributed by atoms with van der Waals surface area (Å²) in [5.74, 6) is -0.927. The van der Waals surface area contributed by atoms with E-state index >= 15 is 0 Å². The van der Waals surface area contributed by atoms with Crippen LogP contribution in [0.15, 0.2) is 0 Å². The molecule has 0 saturated heterocycles. The molecule has 0 amide bonds. The topological polar surface area (TPSA) is 57.5 Å². The Morgan fingerprint density at radius 2 is 2.20 bits per heavy atom. The van der Waals surface area contributed by atoms with E-state index in [4.69, 9.17) is 10.2 Å². The highest BCUT2D eigenvalue weighted by Gasteiger charge is 2.07. The highest BCUT2D eigenvalue weighted by atomic mass is 16.4. The summed E-state index contributed by atoms with van der Waals surface area (Å²) in [6.07, 6.45) is 1.71. The molecule has 0 fully saturated rings. The number of carbonyl (C=O) groups is 1. The predicted molar refractivity (Wildman–Crippen MR) is 37.8 cm³/mol. The van der Waals surface area contributed by atoms with Crippen LogP contribution in [0.2, 0.25) is 0 Å². The molecular weight excluding hydrogens is 132 g/mol. The summed E-state index contributed by atoms with van der Waals surface area (Å²) in [6.45, 7) is 2.01. The molecule has 0 aliphatic heterocycles. The van der Waals surface area contributed by atoms with Crippen LogP contribution < -0.4 is 0 Å². The van der Waals surface area contributed by atoms with Crippen LogP contribution in [0.5, 0.6) is 0 Å². The van der Waals surface area contributed by atoms with E-state index in [1.54, 1.807) is 0 Å². The molecule has 1 atom stereocenters. The minimum absolute atomic E-state index is 0.125. The van der Waals surface area contributed by atoms with Crippen molar-refractivity contribution < 1.29 is 15.0 Å². The van der Waals surface area contributed by atoms with E-state index in [0.29, 0.717) is 6.42 Å². The van der Waals surface area contributed by atoms with Gasteiger partial charge < -0.3 is 10.2 Å². The van der Waals surface area contributed by atoms with E-state index in [-0.39, 0.29) is 6.42 Å². The van der Waals surface area contributed by atoms with E-state index in [9.17, 15) is 4.79 Å². The number of aliphatic hydroxyl groups excluding tert-OH is 1. The molecule has 3 nitrogen and oxygen atoms in total. The first-order chi connectivity index (χ1) is 4.66. The minimum Gasteiger partial charge on any atom is -0.481 e. The molecule has 0 saturated carbocycles. The van der Waals surface area contributed by atoms with Crippen molar-refractivity contribution in [1.29, 1.82) is 0 Å². The van der Waals surface area contributed by atoms with Crippen molar-refractivity contribution in [2.24, 2.45) is 0 Å². The summed E-state index contributed by atoms with van der Waals surface area (Å²) in [5.41, 5.74) is 0. The zero-order valence-corrected chi connectivity index (χ0v) is 6.21. The second kappa shape index (κ2) is 5.23. The molecule has 0 bridgehead atoms. The highest BCUT2D eigenvalue weighted by Crippen LogP contribution is 2.03. The number of hydrogen-bond acceptors (Lipinski definition) is 2. The molecule has 10 heavy (non-hydrogen) atoms. The lowest BCUT2D eigenvalue weighted by Crippen LogP contribution is -2.12. The van der Waals surface area contributed by atoms with Crippen molar-refractivity contribution in [2.75, 3.05) is 0 Å². The smallest absolute Gasteiger partial charge is 0.305 e. The summed E-state index contributed by atoms with van der Waals surface area (Å²) < 4.78 is 0. The molecule has 0 aliphatic rings. The molecule has 3 heteroatoms. The summed E-state index contributed by atoms with van der Waals surface area (Å²) in [4.78, 5) is 10.0. The number of unbranched alkanes of at least 4 members (excludes halogenated alkanes) is 1. The molecule has 0 spiro atoms. The van der Waals surface area contributed by atoms with Crippen molar-refractivity contribution in [3.05, 3.63) is 0 Å². The van der Waals surface area contributed by atoms with Crippen LogP contribution in [0.3, 0.4) is 0 Å². The third-order valence-electron chi connectivity index (χ3n) is 1.30. The first-order valence-electron chi connectivity index (χ1n) is 3.56. The van der Waals surface area contributed by atoms with E-state index in [1.807, 2.05) is 6.92 Å². The van der Waals surface area contributed by atoms with Crippen LogP contribution in [-0.4, -0.2) is 22.3 Å². The molecule has 0 aliphatic carbocycles. The van der Waals surface area contributed by atoms with E-state index < -0.39 is 12.1 Å². The fraction of sp³-hybridized carbons (Fsp3) is 0.857. The Hall–Kier alpha value is -0.570. The Labute approximate surface area is 60.7 Å². The second-order valence-electron chi connectivity index (χ2n) is 2.39. The molecule has 0 radical (unpaired) electrons. The van der Waals surface area contributed by atoms with Crippen molar-refractivity contribution in [3.8, 4) is 0 Å². The lowest BCUT2D eigenvalue weighted by Gasteiger charge is -2.04. The third kappa shape index (κ3) is 5.56. The summed E-state index contributed by atoms with van der Waals surface area (Å²) >= 11 is 0. The maximum atomic E-state index is 10.0. The number of aliphatic carboxylic acids is 1. The molecule has 0 unspecified atom stereocenters. The van der Waals surface area contributed by atoms with Gasteiger partial charge in [0, 0.05) is 0 Å². The largest absolute Gasteiger partial charge is 0.481 e. The van der Waals surface area contributed by atoms with Gasteiger partial charge in [-0.1, -0.05) is 19.8 Å². The monoisotopic (exact) mass is 146 g/mol. The van der Waals surface area contributed by atoms with Gasteiger partial charge in [0.05, 0.1) is 12.5 Å². The van der Waals surface area contributed by atoms with Gasteiger partial charge in [0.15, 0.2) is 0 Å². The van der Waals surface area contributed by atoms with E-state index in [1.165, 1.54) is 0 Å². The van der Waals surface area contributed by atoms with Crippen molar-refractivity contribution in [3.63, 3.8) is 0 Å². The zero-order chi connectivity index (χ0) is 7.98. The van der Waals surface area contributed by atoms with Crippen molar-refractivity contribution in [1.82, 2.24) is 0 Å². The summed E-state index contributed by atoms with van der Waals surface area (Å²) in [5, 5.41) is 17.2. The van der Waals surface area contributed by atoms with Crippen LogP contribution in [0.1, 0.15) is 32.6 Å². The number of carboxylic acid groups (broad SMARTS) is 1. The molecular formula is C7H14O3. The van der Waals surface area contributed by atoms with Crippen LogP contribution in [0.4, 0.5) is 0 Å². The Bertz CT molecular complexity index is 101. The predicted octanol–water partition coefficient (Wildman–Crippen LogP) is 1.01. The lowest BCUT2D eigenvalue weighted by molar-refractivity contribution is -0.139. The average molecular weight is 146 g/mol. The summed E-state index contributed by atoms with van der Waals surface area (Å²) in [6, 6.07) is 0. The fourth-order valence-corrected chi connectivity index (χ4v) is 0.743. The molecule has 0 aromatic carbocycles. The molecule has 0 heterocycles.